The third-order valence-corrected chi connectivity index (χ3v) is 1.84. The van der Waals surface area contributed by atoms with Gasteiger partial charge in [-0.2, -0.15) is 0 Å². The second kappa shape index (κ2) is 3.96. The highest BCUT2D eigenvalue weighted by Gasteiger charge is 2.19. The van der Waals surface area contributed by atoms with Crippen molar-refractivity contribution in [3.8, 4) is 0 Å². The van der Waals surface area contributed by atoms with Crippen LogP contribution in [0.4, 0.5) is 4.79 Å². The summed E-state index contributed by atoms with van der Waals surface area (Å²) >= 11 is 0. The first-order valence-corrected chi connectivity index (χ1v) is 4.66. The Balaban J connectivity index is 2.16. The fraction of sp³-hybridized carbons (Fsp3) is 0.889. The molecule has 1 saturated heterocycles. The zero-order chi connectivity index (χ0) is 9.90. The summed E-state index contributed by atoms with van der Waals surface area (Å²) in [6, 6.07) is 0.0255. The van der Waals surface area contributed by atoms with Crippen molar-refractivity contribution in [1.29, 1.82) is 0 Å². The zero-order valence-electron chi connectivity index (χ0n) is 8.59. The molecule has 0 aliphatic carbocycles. The minimum Gasteiger partial charge on any atom is -0.374 e. The highest BCUT2D eigenvalue weighted by atomic mass is 16.5. The number of nitrogens with zero attached hydrogens (tertiary/aromatic N) is 1. The number of carbonyl (C=O) groups is 1. The second-order valence-corrected chi connectivity index (χ2v) is 4.18. The van der Waals surface area contributed by atoms with Gasteiger partial charge in [0.05, 0.1) is 12.2 Å². The molecule has 2 amide bonds. The van der Waals surface area contributed by atoms with Crippen LogP contribution >= 0.6 is 0 Å². The van der Waals surface area contributed by atoms with E-state index < -0.39 is 0 Å². The molecule has 0 saturated carbocycles. The highest BCUT2D eigenvalue weighted by Crippen LogP contribution is 2.06. The van der Waals surface area contributed by atoms with Gasteiger partial charge in [-0.05, 0) is 20.8 Å². The van der Waals surface area contributed by atoms with Gasteiger partial charge in [-0.1, -0.05) is 0 Å². The first kappa shape index (κ1) is 10.3. The zero-order valence-corrected chi connectivity index (χ0v) is 8.59. The number of amides is 2. The van der Waals surface area contributed by atoms with Crippen LogP contribution in [0.2, 0.25) is 0 Å². The minimum atomic E-state index is -0.115. The third-order valence-electron chi connectivity index (χ3n) is 1.84. The Morgan fingerprint density at radius 2 is 2.23 bits per heavy atom. The van der Waals surface area contributed by atoms with Crippen molar-refractivity contribution < 1.29 is 9.53 Å². The number of carbonyl (C=O) groups excluding carboxylic acids is 1. The average Bonchev–Trinajstić information content (AvgIpc) is 2.34. The minimum absolute atomic E-state index is 0.0255. The number of hydrogen-bond donors (Lipinski definition) is 1. The summed E-state index contributed by atoms with van der Waals surface area (Å²) < 4.78 is 5.52. The summed E-state index contributed by atoms with van der Waals surface area (Å²) in [5.74, 6) is 0. The van der Waals surface area contributed by atoms with E-state index in [2.05, 4.69) is 5.32 Å². The Labute approximate surface area is 79.2 Å². The van der Waals surface area contributed by atoms with E-state index in [-0.39, 0.29) is 11.6 Å². The van der Waals surface area contributed by atoms with Crippen molar-refractivity contribution in [3.05, 3.63) is 0 Å². The number of hydrogen-bond acceptors (Lipinski definition) is 2. The van der Waals surface area contributed by atoms with Crippen molar-refractivity contribution in [2.24, 2.45) is 0 Å². The number of rotatable bonds is 3. The van der Waals surface area contributed by atoms with Crippen LogP contribution < -0.4 is 5.32 Å². The van der Waals surface area contributed by atoms with E-state index in [1.165, 1.54) is 0 Å². The van der Waals surface area contributed by atoms with Crippen LogP contribution in [0, 0.1) is 0 Å². The van der Waals surface area contributed by atoms with E-state index in [0.29, 0.717) is 13.2 Å². The third kappa shape index (κ3) is 3.63. The SMILES string of the molecule is CC(C)(C)OCCN1CCNC1=O. The quantitative estimate of drug-likeness (QED) is 0.709. The van der Waals surface area contributed by atoms with Crippen LogP contribution in [0.3, 0.4) is 0 Å². The molecule has 0 aromatic rings. The van der Waals surface area contributed by atoms with Crippen molar-refractivity contribution >= 4 is 6.03 Å². The van der Waals surface area contributed by atoms with E-state index in [1.807, 2.05) is 20.8 Å². The van der Waals surface area contributed by atoms with Gasteiger partial charge >= 0.3 is 6.03 Å². The van der Waals surface area contributed by atoms with E-state index in [0.717, 1.165) is 13.1 Å². The van der Waals surface area contributed by atoms with Gasteiger partial charge in [0.1, 0.15) is 0 Å². The van der Waals surface area contributed by atoms with Crippen molar-refractivity contribution in [2.75, 3.05) is 26.2 Å². The van der Waals surface area contributed by atoms with Crippen LogP contribution in [0.15, 0.2) is 0 Å². The predicted octanol–water partition coefficient (Wildman–Crippen LogP) is 0.827. The Kier molecular flexibility index (Phi) is 3.14. The average molecular weight is 186 g/mol. The van der Waals surface area contributed by atoms with Crippen LogP contribution in [0.1, 0.15) is 20.8 Å². The van der Waals surface area contributed by atoms with Gasteiger partial charge in [0.25, 0.3) is 0 Å². The molecule has 0 bridgehead atoms. The van der Waals surface area contributed by atoms with Crippen LogP contribution in [-0.2, 0) is 4.74 Å². The van der Waals surface area contributed by atoms with Crippen LogP contribution in [0.5, 0.6) is 0 Å². The molecule has 0 aromatic heterocycles. The Morgan fingerprint density at radius 3 is 2.69 bits per heavy atom. The fourth-order valence-electron chi connectivity index (χ4n) is 1.19. The molecule has 1 aliphatic rings. The largest absolute Gasteiger partial charge is 0.374 e. The molecule has 4 nitrogen and oxygen atoms in total. The summed E-state index contributed by atoms with van der Waals surface area (Å²) in [7, 11) is 0. The lowest BCUT2D eigenvalue weighted by molar-refractivity contribution is -0.00810. The maximum Gasteiger partial charge on any atom is 0.317 e. The molecule has 0 aromatic carbocycles. The molecule has 4 heteroatoms. The fourth-order valence-corrected chi connectivity index (χ4v) is 1.19. The predicted molar refractivity (Wildman–Crippen MR) is 50.7 cm³/mol. The Bertz CT molecular complexity index is 187. The molecule has 1 rings (SSSR count). The van der Waals surface area contributed by atoms with Crippen molar-refractivity contribution in [1.82, 2.24) is 10.2 Å². The van der Waals surface area contributed by atoms with E-state index in [9.17, 15) is 4.79 Å². The molecular weight excluding hydrogens is 168 g/mol. The van der Waals surface area contributed by atoms with Gasteiger partial charge in [0.15, 0.2) is 0 Å². The van der Waals surface area contributed by atoms with E-state index in [4.69, 9.17) is 4.74 Å². The van der Waals surface area contributed by atoms with Gasteiger partial charge in [-0.3, -0.25) is 0 Å². The molecule has 76 valence electrons. The maximum atomic E-state index is 11.1. The monoisotopic (exact) mass is 186 g/mol. The number of nitrogens with one attached hydrogen (secondary N) is 1. The van der Waals surface area contributed by atoms with E-state index in [1.54, 1.807) is 4.90 Å². The highest BCUT2D eigenvalue weighted by molar-refractivity contribution is 5.76. The molecule has 0 spiro atoms. The molecule has 13 heavy (non-hydrogen) atoms. The topological polar surface area (TPSA) is 41.6 Å². The molecule has 1 fully saturated rings. The summed E-state index contributed by atoms with van der Waals surface area (Å²) in [5.41, 5.74) is -0.115. The molecular formula is C9H18N2O2. The number of ether oxygens (including phenoxy) is 1. The Morgan fingerprint density at radius 1 is 1.54 bits per heavy atom. The van der Waals surface area contributed by atoms with Crippen molar-refractivity contribution in [3.63, 3.8) is 0 Å². The summed E-state index contributed by atoms with van der Waals surface area (Å²) in [6.07, 6.45) is 0. The lowest BCUT2D eigenvalue weighted by Crippen LogP contribution is -2.33. The molecule has 0 atom stereocenters. The summed E-state index contributed by atoms with van der Waals surface area (Å²) in [5, 5.41) is 2.75. The first-order chi connectivity index (χ1) is 5.99. The van der Waals surface area contributed by atoms with Gasteiger partial charge < -0.3 is 15.0 Å². The van der Waals surface area contributed by atoms with Crippen molar-refractivity contribution in [2.45, 2.75) is 26.4 Å². The standard InChI is InChI=1S/C9H18N2O2/c1-9(2,3)13-7-6-11-5-4-10-8(11)12/h4-7H2,1-3H3,(H,10,12). The van der Waals surface area contributed by atoms with Gasteiger partial charge in [-0.25, -0.2) is 4.79 Å². The second-order valence-electron chi connectivity index (χ2n) is 4.18. The molecule has 0 radical (unpaired) electrons. The van der Waals surface area contributed by atoms with Gasteiger partial charge in [-0.15, -0.1) is 0 Å². The van der Waals surface area contributed by atoms with Crippen LogP contribution in [-0.4, -0.2) is 42.8 Å². The first-order valence-electron chi connectivity index (χ1n) is 4.66. The van der Waals surface area contributed by atoms with Crippen LogP contribution in [0.25, 0.3) is 0 Å². The molecule has 0 unspecified atom stereocenters. The molecule has 1 aliphatic heterocycles. The summed E-state index contributed by atoms with van der Waals surface area (Å²) in [6.45, 7) is 8.88. The Hall–Kier alpha value is -0.770. The smallest absolute Gasteiger partial charge is 0.317 e. The number of urea groups is 1. The van der Waals surface area contributed by atoms with E-state index >= 15 is 0 Å². The molecule has 1 N–H and O–H groups in total. The summed E-state index contributed by atoms with van der Waals surface area (Å²) in [4.78, 5) is 12.9. The lowest BCUT2D eigenvalue weighted by Gasteiger charge is -2.21. The molecule has 1 heterocycles. The van der Waals surface area contributed by atoms with Gasteiger partial charge in [0.2, 0.25) is 0 Å². The normalized spacial score (nSPS) is 17.8. The maximum absolute atomic E-state index is 11.1. The lowest BCUT2D eigenvalue weighted by atomic mass is 10.2. The van der Waals surface area contributed by atoms with Gasteiger partial charge in [0, 0.05) is 19.6 Å².